The molecule has 1 aromatic heterocycles. The number of hydrogen-bond acceptors (Lipinski definition) is 3. The van der Waals surface area contributed by atoms with Gasteiger partial charge in [-0.25, -0.2) is 0 Å². The summed E-state index contributed by atoms with van der Waals surface area (Å²) in [7, 11) is 0. The average Bonchev–Trinajstić information content (AvgIpc) is 3.06. The Bertz CT molecular complexity index is 791. The lowest BCUT2D eigenvalue weighted by Gasteiger charge is -2.46. The van der Waals surface area contributed by atoms with Crippen LogP contribution in [0, 0.1) is 5.41 Å². The average molecular weight is 416 g/mol. The third-order valence-electron chi connectivity index (χ3n) is 6.00. The predicted octanol–water partition coefficient (Wildman–Crippen LogP) is 4.25. The van der Waals surface area contributed by atoms with Gasteiger partial charge in [0.2, 0.25) is 0 Å². The minimum Gasteiger partial charge on any atom is -0.299 e. The number of likely N-dealkylation sites (tertiary alicyclic amines) is 1. The molecule has 1 aliphatic heterocycles. The minimum atomic E-state index is -0.101. The van der Waals surface area contributed by atoms with Gasteiger partial charge in [-0.1, -0.05) is 46.3 Å². The van der Waals surface area contributed by atoms with E-state index in [1.807, 2.05) is 10.9 Å². The number of hydrogen-bond donors (Lipinski definition) is 0. The standard InChI is InChI=1S/C21H26BrN3O/c1-15(2)25-18-17(13-23-25)12-21(20(22)19(18)26)8-10-24(11-9-21)14-16-6-4-3-5-7-16/h3-7,13,15,20H,8-12,14H2,1-2H3. The third-order valence-corrected chi connectivity index (χ3v) is 7.39. The number of ketones is 1. The summed E-state index contributed by atoms with van der Waals surface area (Å²) in [5.41, 5.74) is 3.34. The summed E-state index contributed by atoms with van der Waals surface area (Å²) < 4.78 is 1.89. The van der Waals surface area contributed by atoms with Crippen LogP contribution in [0.15, 0.2) is 36.5 Å². The van der Waals surface area contributed by atoms with Crippen LogP contribution < -0.4 is 0 Å². The fourth-order valence-electron chi connectivity index (χ4n) is 4.49. The summed E-state index contributed by atoms with van der Waals surface area (Å²) in [6.07, 6.45) is 4.97. The summed E-state index contributed by atoms with van der Waals surface area (Å²) >= 11 is 3.79. The van der Waals surface area contributed by atoms with Crippen molar-refractivity contribution in [1.82, 2.24) is 14.7 Å². The van der Waals surface area contributed by atoms with E-state index < -0.39 is 0 Å². The number of rotatable bonds is 3. The number of nitrogens with zero attached hydrogens (tertiary/aromatic N) is 3. The molecule has 0 saturated carbocycles. The molecule has 5 heteroatoms. The second-order valence-electron chi connectivity index (χ2n) is 8.08. The Kier molecular flexibility index (Phi) is 4.78. The van der Waals surface area contributed by atoms with Crippen LogP contribution in [0.2, 0.25) is 0 Å². The lowest BCUT2D eigenvalue weighted by Crippen LogP contribution is -2.50. The first kappa shape index (κ1) is 17.9. The van der Waals surface area contributed by atoms with Crippen molar-refractivity contribution in [3.8, 4) is 0 Å². The van der Waals surface area contributed by atoms with Gasteiger partial charge in [0.05, 0.1) is 11.0 Å². The van der Waals surface area contributed by atoms with Gasteiger partial charge < -0.3 is 0 Å². The Labute approximate surface area is 163 Å². The van der Waals surface area contributed by atoms with Gasteiger partial charge in [-0.3, -0.25) is 14.4 Å². The van der Waals surface area contributed by atoms with E-state index in [9.17, 15) is 4.79 Å². The molecule has 1 fully saturated rings. The van der Waals surface area contributed by atoms with Gasteiger partial charge in [0.1, 0.15) is 5.69 Å². The quantitative estimate of drug-likeness (QED) is 0.703. The SMILES string of the molecule is CC(C)n1ncc2c1C(=O)C(Br)C1(CCN(Cc3ccccc3)CC1)C2. The molecule has 1 spiro atoms. The smallest absolute Gasteiger partial charge is 0.195 e. The molecule has 1 saturated heterocycles. The summed E-state index contributed by atoms with van der Waals surface area (Å²) in [5.74, 6) is 0.217. The maximum Gasteiger partial charge on any atom is 0.195 e. The van der Waals surface area contributed by atoms with Crippen LogP contribution in [-0.2, 0) is 13.0 Å². The van der Waals surface area contributed by atoms with E-state index in [0.29, 0.717) is 0 Å². The summed E-state index contributed by atoms with van der Waals surface area (Å²) in [5, 5.41) is 4.50. The van der Waals surface area contributed by atoms with Gasteiger partial charge >= 0.3 is 0 Å². The van der Waals surface area contributed by atoms with Crippen LogP contribution in [0.5, 0.6) is 0 Å². The summed E-state index contributed by atoms with van der Waals surface area (Å²) in [6, 6.07) is 10.9. The van der Waals surface area contributed by atoms with E-state index in [0.717, 1.165) is 50.2 Å². The molecule has 1 aromatic carbocycles. The maximum atomic E-state index is 13.1. The second kappa shape index (κ2) is 6.93. The van der Waals surface area contributed by atoms with Crippen molar-refractivity contribution >= 4 is 21.7 Å². The van der Waals surface area contributed by atoms with E-state index in [1.54, 1.807) is 0 Å². The largest absolute Gasteiger partial charge is 0.299 e. The van der Waals surface area contributed by atoms with Gasteiger partial charge in [0, 0.05) is 18.2 Å². The van der Waals surface area contributed by atoms with Gasteiger partial charge in [-0.05, 0) is 57.2 Å². The lowest BCUT2D eigenvalue weighted by atomic mass is 9.67. The van der Waals surface area contributed by atoms with E-state index >= 15 is 0 Å². The highest BCUT2D eigenvalue weighted by Crippen LogP contribution is 2.47. The summed E-state index contributed by atoms with van der Waals surface area (Å²) in [6.45, 7) is 7.23. The number of alkyl halides is 1. The predicted molar refractivity (Wildman–Crippen MR) is 107 cm³/mol. The number of Topliss-reactive ketones (excluding diaryl/α,β-unsaturated/α-hetero) is 1. The molecule has 0 bridgehead atoms. The van der Waals surface area contributed by atoms with Crippen LogP contribution in [0.1, 0.15) is 54.3 Å². The molecule has 0 radical (unpaired) electrons. The molecule has 0 N–H and O–H groups in total. The minimum absolute atomic E-state index is 0.0299. The Morgan fingerprint density at radius 1 is 1.23 bits per heavy atom. The van der Waals surface area contributed by atoms with Crippen molar-refractivity contribution in [1.29, 1.82) is 0 Å². The van der Waals surface area contributed by atoms with E-state index in [2.05, 4.69) is 70.1 Å². The molecule has 2 aromatic rings. The molecular formula is C21H26BrN3O. The zero-order chi connectivity index (χ0) is 18.3. The van der Waals surface area contributed by atoms with E-state index in [4.69, 9.17) is 0 Å². The summed E-state index contributed by atoms with van der Waals surface area (Å²) in [4.78, 5) is 15.5. The van der Waals surface area contributed by atoms with Gasteiger partial charge in [0.15, 0.2) is 5.78 Å². The molecule has 1 atom stereocenters. The molecular weight excluding hydrogens is 390 g/mol. The van der Waals surface area contributed by atoms with Crippen molar-refractivity contribution in [2.24, 2.45) is 5.41 Å². The second-order valence-corrected chi connectivity index (χ2v) is 9.00. The fraction of sp³-hybridized carbons (Fsp3) is 0.524. The lowest BCUT2D eigenvalue weighted by molar-refractivity contribution is 0.0692. The van der Waals surface area contributed by atoms with Crippen molar-refractivity contribution < 1.29 is 4.79 Å². The number of piperidine rings is 1. The number of aromatic nitrogens is 2. The number of carbonyl (C=O) groups excluding carboxylic acids is 1. The highest BCUT2D eigenvalue weighted by atomic mass is 79.9. The first-order valence-electron chi connectivity index (χ1n) is 9.51. The van der Waals surface area contributed by atoms with Crippen molar-refractivity contribution in [3.63, 3.8) is 0 Å². The Balaban J connectivity index is 1.51. The van der Waals surface area contributed by atoms with Crippen molar-refractivity contribution in [3.05, 3.63) is 53.3 Å². The van der Waals surface area contributed by atoms with Crippen LogP contribution >= 0.6 is 15.9 Å². The van der Waals surface area contributed by atoms with Crippen LogP contribution in [-0.4, -0.2) is 38.4 Å². The zero-order valence-electron chi connectivity index (χ0n) is 15.5. The molecule has 4 nitrogen and oxygen atoms in total. The molecule has 2 heterocycles. The molecule has 4 rings (SSSR count). The molecule has 2 aliphatic rings. The van der Waals surface area contributed by atoms with Crippen LogP contribution in [0.3, 0.4) is 0 Å². The van der Waals surface area contributed by atoms with Gasteiger partial charge in [-0.2, -0.15) is 5.10 Å². The molecule has 1 unspecified atom stereocenters. The van der Waals surface area contributed by atoms with E-state index in [-0.39, 0.29) is 22.1 Å². The van der Waals surface area contributed by atoms with Gasteiger partial charge in [-0.15, -0.1) is 0 Å². The Hall–Kier alpha value is -1.46. The van der Waals surface area contributed by atoms with E-state index in [1.165, 1.54) is 5.56 Å². The van der Waals surface area contributed by atoms with Crippen LogP contribution in [0.25, 0.3) is 0 Å². The number of benzene rings is 1. The number of halogens is 1. The molecule has 26 heavy (non-hydrogen) atoms. The van der Waals surface area contributed by atoms with Crippen molar-refractivity contribution in [2.45, 2.75) is 50.5 Å². The normalized spacial score (nSPS) is 22.8. The monoisotopic (exact) mass is 415 g/mol. The first-order chi connectivity index (χ1) is 12.5. The Morgan fingerprint density at radius 2 is 1.92 bits per heavy atom. The fourth-order valence-corrected chi connectivity index (χ4v) is 5.32. The first-order valence-corrected chi connectivity index (χ1v) is 10.4. The highest BCUT2D eigenvalue weighted by Gasteiger charge is 2.49. The molecule has 138 valence electrons. The number of carbonyl (C=O) groups is 1. The third kappa shape index (κ3) is 3.05. The topological polar surface area (TPSA) is 38.1 Å². The molecule has 0 amide bonds. The maximum absolute atomic E-state index is 13.1. The zero-order valence-corrected chi connectivity index (χ0v) is 17.1. The van der Waals surface area contributed by atoms with Gasteiger partial charge in [0.25, 0.3) is 0 Å². The van der Waals surface area contributed by atoms with Crippen molar-refractivity contribution in [2.75, 3.05) is 13.1 Å². The molecule has 1 aliphatic carbocycles. The highest BCUT2D eigenvalue weighted by molar-refractivity contribution is 9.10. The van der Waals surface area contributed by atoms with Crippen LogP contribution in [0.4, 0.5) is 0 Å². The Morgan fingerprint density at radius 3 is 2.58 bits per heavy atom. The number of fused-ring (bicyclic) bond motifs is 1.